The third-order valence-corrected chi connectivity index (χ3v) is 8.76. The van der Waals surface area contributed by atoms with Gasteiger partial charge in [-0.1, -0.05) is 24.3 Å². The van der Waals surface area contributed by atoms with Crippen molar-refractivity contribution in [3.05, 3.63) is 59.9 Å². The molecule has 0 amide bonds. The average Bonchev–Trinajstić information content (AvgIpc) is 3.13. The Morgan fingerprint density at radius 3 is 2.54 bits per heavy atom. The zero-order valence-electron chi connectivity index (χ0n) is 20.1. The summed E-state index contributed by atoms with van der Waals surface area (Å²) in [7, 11) is -1.39. The largest absolute Gasteiger partial charge is 0.435 e. The predicted molar refractivity (Wildman–Crippen MR) is 136 cm³/mol. The second kappa shape index (κ2) is 9.16. The van der Waals surface area contributed by atoms with E-state index in [2.05, 4.69) is 49.3 Å². The van der Waals surface area contributed by atoms with Gasteiger partial charge in [0.25, 0.3) is 5.88 Å². The monoisotopic (exact) mass is 493 g/mol. The van der Waals surface area contributed by atoms with Gasteiger partial charge in [0.05, 0.1) is 28.1 Å². The first kappa shape index (κ1) is 23.6. The number of nitrogens with zero attached hydrogens (tertiary/aromatic N) is 5. The molecule has 0 saturated carbocycles. The Hall–Kier alpha value is -3.11. The second-order valence-corrected chi connectivity index (χ2v) is 11.9. The minimum atomic E-state index is -1.39. The van der Waals surface area contributed by atoms with Crippen LogP contribution in [-0.2, 0) is 17.4 Å². The lowest BCUT2D eigenvalue weighted by Crippen LogP contribution is -2.45. The molecule has 4 N–H and O–H groups in total. The molecule has 3 aromatic rings. The van der Waals surface area contributed by atoms with Gasteiger partial charge in [0.15, 0.2) is 0 Å². The van der Waals surface area contributed by atoms with Gasteiger partial charge >= 0.3 is 0 Å². The molecule has 2 aromatic heterocycles. The number of pyridine rings is 1. The van der Waals surface area contributed by atoms with E-state index in [1.165, 1.54) is 17.3 Å². The van der Waals surface area contributed by atoms with E-state index in [0.29, 0.717) is 29.3 Å². The fraction of sp³-hybridized carbons (Fsp3) is 0.440. The number of hydrogen-bond acceptors (Lipinski definition) is 8. The van der Waals surface area contributed by atoms with Crippen LogP contribution in [0.2, 0.25) is 0 Å². The summed E-state index contributed by atoms with van der Waals surface area (Å²) in [4.78, 5) is 10.7. The lowest BCUT2D eigenvalue weighted by Gasteiger charge is -2.45. The van der Waals surface area contributed by atoms with E-state index in [1.807, 2.05) is 13.8 Å². The summed E-state index contributed by atoms with van der Waals surface area (Å²) in [5, 5.41) is 14.4. The van der Waals surface area contributed by atoms with Crippen molar-refractivity contribution in [1.29, 1.82) is 0 Å². The molecule has 3 heterocycles. The highest BCUT2D eigenvalue weighted by Gasteiger charge is 2.49. The number of benzene rings is 1. The molecule has 5 rings (SSSR count). The number of hydrogen-bond donors (Lipinski definition) is 2. The van der Waals surface area contributed by atoms with Crippen LogP contribution in [0, 0.1) is 5.41 Å². The zero-order chi connectivity index (χ0) is 24.6. The molecular weight excluding hydrogens is 462 g/mol. The average molecular weight is 494 g/mol. The number of rotatable bonds is 6. The van der Waals surface area contributed by atoms with Crippen molar-refractivity contribution >= 4 is 22.8 Å². The van der Waals surface area contributed by atoms with Gasteiger partial charge < -0.3 is 15.4 Å². The molecule has 1 fully saturated rings. The molecule has 2 atom stereocenters. The first-order chi connectivity index (χ1) is 16.8. The molecule has 0 radical (unpaired) electrons. The van der Waals surface area contributed by atoms with Gasteiger partial charge in [0, 0.05) is 13.1 Å². The van der Waals surface area contributed by atoms with Gasteiger partial charge in [0.1, 0.15) is 11.6 Å². The molecule has 9 nitrogen and oxygen atoms in total. The van der Waals surface area contributed by atoms with Gasteiger partial charge in [-0.2, -0.15) is 0 Å². The smallest absolute Gasteiger partial charge is 0.257 e. The van der Waals surface area contributed by atoms with E-state index in [9.17, 15) is 4.21 Å². The fourth-order valence-corrected chi connectivity index (χ4v) is 5.80. The van der Waals surface area contributed by atoms with Gasteiger partial charge in [-0.05, 0) is 74.1 Å². The van der Waals surface area contributed by atoms with Gasteiger partial charge in [0.2, 0.25) is 5.95 Å². The van der Waals surface area contributed by atoms with Gasteiger partial charge in [-0.25, -0.2) is 14.2 Å². The zero-order valence-corrected chi connectivity index (χ0v) is 20.9. The molecule has 2 aliphatic rings. The number of aromatic nitrogens is 4. The van der Waals surface area contributed by atoms with Crippen molar-refractivity contribution in [2.45, 2.75) is 50.2 Å². The van der Waals surface area contributed by atoms with E-state index < -0.39 is 15.7 Å². The van der Waals surface area contributed by atoms with Crippen LogP contribution in [0.3, 0.4) is 0 Å². The standard InChI is InChI=1S/C25H31N7O2S/c1-24(2,35(27)33)14-20-19-6-4-3-5-17(19)13-25(20)9-11-32(12-10-25)23-29-16-22(30-31-23)34-18-7-8-21(26)28-15-18/h3-8,15-16,20H,9-14,27H2,1-2H3,(H2,26,28)/t20-,35?/m1/s1. The van der Waals surface area contributed by atoms with Crippen LogP contribution in [-0.4, -0.2) is 42.2 Å². The summed E-state index contributed by atoms with van der Waals surface area (Å²) in [6.07, 6.45) is 6.95. The number of piperidine rings is 1. The van der Waals surface area contributed by atoms with Crippen LogP contribution in [0.25, 0.3) is 0 Å². The van der Waals surface area contributed by atoms with Crippen LogP contribution in [0.15, 0.2) is 48.8 Å². The van der Waals surface area contributed by atoms with Crippen LogP contribution < -0.4 is 20.5 Å². The number of nitrogen functional groups attached to an aromatic ring is 1. The van der Waals surface area contributed by atoms with Gasteiger partial charge in [-0.3, -0.25) is 5.14 Å². The Balaban J connectivity index is 1.29. The third-order valence-electron chi connectivity index (χ3n) is 7.50. The minimum absolute atomic E-state index is 0.120. The number of ether oxygens (including phenoxy) is 1. The summed E-state index contributed by atoms with van der Waals surface area (Å²) in [5.74, 6) is 2.17. The predicted octanol–water partition coefficient (Wildman–Crippen LogP) is 3.36. The summed E-state index contributed by atoms with van der Waals surface area (Å²) < 4.78 is 17.5. The molecular formula is C25H31N7O2S. The lowest BCUT2D eigenvalue weighted by atomic mass is 9.67. The molecule has 1 aliphatic heterocycles. The molecule has 35 heavy (non-hydrogen) atoms. The molecule has 1 spiro atoms. The molecule has 1 unspecified atom stereocenters. The number of nitrogens with two attached hydrogens (primary N) is 2. The Morgan fingerprint density at radius 2 is 1.89 bits per heavy atom. The quantitative estimate of drug-likeness (QED) is 0.534. The Morgan fingerprint density at radius 1 is 1.11 bits per heavy atom. The van der Waals surface area contributed by atoms with Crippen molar-refractivity contribution in [2.75, 3.05) is 23.7 Å². The normalized spacial score (nSPS) is 20.0. The van der Waals surface area contributed by atoms with Crippen LogP contribution in [0.1, 0.15) is 50.2 Å². The van der Waals surface area contributed by atoms with E-state index in [1.54, 1.807) is 18.3 Å². The van der Waals surface area contributed by atoms with Crippen molar-refractivity contribution in [3.8, 4) is 11.6 Å². The topological polar surface area (TPSA) is 133 Å². The molecule has 1 aliphatic carbocycles. The molecule has 10 heteroatoms. The third kappa shape index (κ3) is 4.72. The molecule has 1 saturated heterocycles. The van der Waals surface area contributed by atoms with Crippen LogP contribution in [0.5, 0.6) is 11.6 Å². The summed E-state index contributed by atoms with van der Waals surface area (Å²) in [6, 6.07) is 12.1. The van der Waals surface area contributed by atoms with Crippen molar-refractivity contribution in [2.24, 2.45) is 10.6 Å². The summed E-state index contributed by atoms with van der Waals surface area (Å²) >= 11 is 0. The Labute approximate surface area is 207 Å². The summed E-state index contributed by atoms with van der Waals surface area (Å²) in [6.45, 7) is 5.69. The highest BCUT2D eigenvalue weighted by atomic mass is 32.2. The first-order valence-electron chi connectivity index (χ1n) is 11.8. The SMILES string of the molecule is CC(C)(C[C@@H]1c2ccccc2CC12CCN(c1ncc(Oc3ccc(N)nc3)nn1)CC2)S(N)=O. The maximum atomic E-state index is 12.3. The van der Waals surface area contributed by atoms with Crippen LogP contribution in [0.4, 0.5) is 11.8 Å². The first-order valence-corrected chi connectivity index (χ1v) is 13.1. The molecule has 1 aromatic carbocycles. The lowest BCUT2D eigenvalue weighted by molar-refractivity contribution is 0.170. The van der Waals surface area contributed by atoms with Crippen molar-refractivity contribution < 1.29 is 8.95 Å². The number of anilines is 2. The van der Waals surface area contributed by atoms with Crippen molar-refractivity contribution in [3.63, 3.8) is 0 Å². The maximum Gasteiger partial charge on any atom is 0.257 e. The molecule has 184 valence electrons. The van der Waals surface area contributed by atoms with E-state index in [0.717, 1.165) is 38.8 Å². The Bertz CT molecular complexity index is 1210. The minimum Gasteiger partial charge on any atom is -0.435 e. The fourth-order valence-electron chi connectivity index (χ4n) is 5.47. The highest BCUT2D eigenvalue weighted by Crippen LogP contribution is 2.56. The van der Waals surface area contributed by atoms with E-state index in [4.69, 9.17) is 15.6 Å². The Kier molecular flexibility index (Phi) is 6.18. The van der Waals surface area contributed by atoms with E-state index in [-0.39, 0.29) is 5.41 Å². The summed E-state index contributed by atoms with van der Waals surface area (Å²) in [5.41, 5.74) is 8.52. The highest BCUT2D eigenvalue weighted by molar-refractivity contribution is 7.84. The maximum absolute atomic E-state index is 12.3. The number of fused-ring (bicyclic) bond motifs is 1. The second-order valence-electron chi connectivity index (χ2n) is 10.2. The van der Waals surface area contributed by atoms with Crippen LogP contribution >= 0.6 is 0 Å². The van der Waals surface area contributed by atoms with Gasteiger partial charge in [-0.15, -0.1) is 10.2 Å². The van der Waals surface area contributed by atoms with E-state index >= 15 is 0 Å². The van der Waals surface area contributed by atoms with Crippen molar-refractivity contribution in [1.82, 2.24) is 20.2 Å². The molecule has 0 bridgehead atoms.